The summed E-state index contributed by atoms with van der Waals surface area (Å²) >= 11 is 0. The predicted molar refractivity (Wildman–Crippen MR) is 136 cm³/mol. The molecule has 0 spiro atoms. The Balaban J connectivity index is 1.65. The molecule has 1 fully saturated rings. The fraction of sp³-hybridized carbons (Fsp3) is 0.500. The topological polar surface area (TPSA) is 69.7 Å². The van der Waals surface area contributed by atoms with Crippen LogP contribution in [-0.4, -0.2) is 40.2 Å². The van der Waals surface area contributed by atoms with Crippen LogP contribution in [0.4, 0.5) is 11.4 Å². The minimum Gasteiger partial charge on any atom is -0.371 e. The Bertz CT molecular complexity index is 1030. The van der Waals surface area contributed by atoms with Crippen LogP contribution in [0.15, 0.2) is 48.5 Å². The number of nitrogens with zero attached hydrogens (tertiary/aromatic N) is 2. The van der Waals surface area contributed by atoms with E-state index in [0.717, 1.165) is 34.8 Å². The summed E-state index contributed by atoms with van der Waals surface area (Å²) in [5.74, 6) is 0.713. The lowest BCUT2D eigenvalue weighted by atomic mass is 9.99. The van der Waals surface area contributed by atoms with E-state index < -0.39 is 10.0 Å². The molecule has 0 radical (unpaired) electrons. The van der Waals surface area contributed by atoms with Crippen LogP contribution < -0.4 is 14.5 Å². The van der Waals surface area contributed by atoms with Gasteiger partial charge >= 0.3 is 0 Å². The van der Waals surface area contributed by atoms with E-state index in [1.165, 1.54) is 18.5 Å². The molecule has 1 aliphatic rings. The van der Waals surface area contributed by atoms with Gasteiger partial charge in [0, 0.05) is 18.8 Å². The molecule has 1 amide bonds. The summed E-state index contributed by atoms with van der Waals surface area (Å²) in [5.41, 5.74) is 3.80. The third kappa shape index (κ3) is 6.73. The maximum atomic E-state index is 12.8. The van der Waals surface area contributed by atoms with Crippen molar-refractivity contribution in [2.24, 2.45) is 5.92 Å². The molecule has 1 heterocycles. The predicted octanol–water partition coefficient (Wildman–Crippen LogP) is 4.69. The second kappa shape index (κ2) is 10.6. The molecule has 180 valence electrons. The van der Waals surface area contributed by atoms with E-state index in [2.05, 4.69) is 43.1 Å². The van der Waals surface area contributed by atoms with Crippen molar-refractivity contribution in [2.45, 2.75) is 52.5 Å². The van der Waals surface area contributed by atoms with Crippen molar-refractivity contribution in [2.75, 3.05) is 35.1 Å². The molecule has 3 rings (SSSR count). The first-order valence-electron chi connectivity index (χ1n) is 11.8. The number of anilines is 2. The van der Waals surface area contributed by atoms with Gasteiger partial charge in [0.05, 0.1) is 18.0 Å². The molecular weight excluding hydrogens is 434 g/mol. The number of sulfonamides is 1. The second-order valence-corrected chi connectivity index (χ2v) is 11.5. The number of nitrogens with one attached hydrogen (secondary N) is 1. The molecule has 1 saturated heterocycles. The Labute approximate surface area is 199 Å². The zero-order chi connectivity index (χ0) is 24.2. The molecular formula is C26H37N3O3S. The highest BCUT2D eigenvalue weighted by Crippen LogP contribution is 2.25. The highest BCUT2D eigenvalue weighted by atomic mass is 32.2. The molecule has 0 aromatic heterocycles. The number of benzene rings is 2. The Hall–Kier alpha value is -2.54. The maximum absolute atomic E-state index is 12.8. The van der Waals surface area contributed by atoms with E-state index in [9.17, 15) is 13.2 Å². The first-order valence-corrected chi connectivity index (χ1v) is 13.6. The van der Waals surface area contributed by atoms with Gasteiger partial charge in [-0.3, -0.25) is 9.10 Å². The van der Waals surface area contributed by atoms with E-state index in [1.807, 2.05) is 31.2 Å². The van der Waals surface area contributed by atoms with Crippen molar-refractivity contribution in [3.05, 3.63) is 59.7 Å². The van der Waals surface area contributed by atoms with Crippen LogP contribution in [0.25, 0.3) is 0 Å². The third-order valence-electron chi connectivity index (χ3n) is 6.33. The van der Waals surface area contributed by atoms with Gasteiger partial charge in [0.2, 0.25) is 15.9 Å². The van der Waals surface area contributed by atoms with Gasteiger partial charge in [0.25, 0.3) is 0 Å². The Morgan fingerprint density at radius 3 is 2.21 bits per heavy atom. The van der Waals surface area contributed by atoms with E-state index in [-0.39, 0.29) is 18.5 Å². The molecule has 2 aromatic carbocycles. The molecule has 2 unspecified atom stereocenters. The summed E-state index contributed by atoms with van der Waals surface area (Å²) < 4.78 is 25.9. The van der Waals surface area contributed by atoms with Crippen molar-refractivity contribution in [3.63, 3.8) is 0 Å². The van der Waals surface area contributed by atoms with Crippen LogP contribution in [0.3, 0.4) is 0 Å². The third-order valence-corrected chi connectivity index (χ3v) is 7.47. The van der Waals surface area contributed by atoms with Crippen LogP contribution in [0.1, 0.15) is 63.6 Å². The summed E-state index contributed by atoms with van der Waals surface area (Å²) in [4.78, 5) is 15.2. The molecule has 2 aromatic rings. The molecule has 2 atom stereocenters. The van der Waals surface area contributed by atoms with E-state index >= 15 is 0 Å². The molecule has 7 heteroatoms. The number of carbonyl (C=O) groups excluding carboxylic acids is 1. The number of amides is 1. The zero-order valence-corrected chi connectivity index (χ0v) is 21.2. The highest BCUT2D eigenvalue weighted by molar-refractivity contribution is 7.92. The average Bonchev–Trinajstić information content (AvgIpc) is 2.77. The van der Waals surface area contributed by atoms with Gasteiger partial charge in [-0.1, -0.05) is 45.0 Å². The van der Waals surface area contributed by atoms with Crippen molar-refractivity contribution in [1.29, 1.82) is 0 Å². The van der Waals surface area contributed by atoms with Crippen LogP contribution >= 0.6 is 0 Å². The summed E-state index contributed by atoms with van der Waals surface area (Å²) in [6.07, 6.45) is 3.62. The van der Waals surface area contributed by atoms with E-state index in [0.29, 0.717) is 17.5 Å². The normalized spacial score (nSPS) is 17.6. The summed E-state index contributed by atoms with van der Waals surface area (Å²) in [6, 6.07) is 15.4. The van der Waals surface area contributed by atoms with Crippen molar-refractivity contribution >= 4 is 27.3 Å². The lowest BCUT2D eigenvalue weighted by Crippen LogP contribution is -2.41. The lowest BCUT2D eigenvalue weighted by Gasteiger charge is -2.33. The smallest absolute Gasteiger partial charge is 0.241 e. The van der Waals surface area contributed by atoms with Crippen LogP contribution in [0.5, 0.6) is 0 Å². The molecule has 0 saturated carbocycles. The van der Waals surface area contributed by atoms with Gasteiger partial charge in [-0.15, -0.1) is 0 Å². The number of rotatable bonds is 8. The molecule has 0 bridgehead atoms. The number of carbonyl (C=O) groups is 1. The largest absolute Gasteiger partial charge is 0.371 e. The van der Waals surface area contributed by atoms with Gasteiger partial charge in [0.1, 0.15) is 6.54 Å². The molecule has 1 N–H and O–H groups in total. The number of hydrogen-bond donors (Lipinski definition) is 1. The van der Waals surface area contributed by atoms with Crippen molar-refractivity contribution < 1.29 is 13.2 Å². The fourth-order valence-electron chi connectivity index (χ4n) is 4.32. The van der Waals surface area contributed by atoms with Gasteiger partial charge in [0.15, 0.2) is 0 Å². The van der Waals surface area contributed by atoms with Gasteiger partial charge in [-0.05, 0) is 67.0 Å². The quantitative estimate of drug-likeness (QED) is 0.606. The number of hydrogen-bond acceptors (Lipinski definition) is 4. The Kier molecular flexibility index (Phi) is 8.05. The minimum absolute atomic E-state index is 0.225. The summed E-state index contributed by atoms with van der Waals surface area (Å²) in [5, 5.41) is 2.95. The molecule has 6 nitrogen and oxygen atoms in total. The van der Waals surface area contributed by atoms with E-state index in [1.54, 1.807) is 12.1 Å². The summed E-state index contributed by atoms with van der Waals surface area (Å²) in [7, 11) is -3.60. The zero-order valence-electron chi connectivity index (χ0n) is 20.4. The molecule has 0 aliphatic carbocycles. The van der Waals surface area contributed by atoms with Gasteiger partial charge < -0.3 is 10.2 Å². The first kappa shape index (κ1) is 25.1. The highest BCUT2D eigenvalue weighted by Gasteiger charge is 2.22. The maximum Gasteiger partial charge on any atom is 0.241 e. The first-order chi connectivity index (χ1) is 15.5. The van der Waals surface area contributed by atoms with Crippen molar-refractivity contribution in [1.82, 2.24) is 5.32 Å². The van der Waals surface area contributed by atoms with Crippen LogP contribution in [0.2, 0.25) is 0 Å². The molecule has 1 aliphatic heterocycles. The molecule has 33 heavy (non-hydrogen) atoms. The second-order valence-electron chi connectivity index (χ2n) is 9.59. The van der Waals surface area contributed by atoms with Gasteiger partial charge in [-0.2, -0.15) is 0 Å². The Morgan fingerprint density at radius 1 is 1.06 bits per heavy atom. The SMILES string of the molecule is CC1CCCN(c2ccc(C(C)NC(=O)CN(c3ccc(C(C)C)cc3)S(C)(=O)=O)cc2)C1. The monoisotopic (exact) mass is 471 g/mol. The standard InChI is InChI=1S/C26H37N3O3S/c1-19(2)22-8-14-25(15-9-22)29(33(5,31)32)18-26(30)27-21(4)23-10-12-24(13-11-23)28-16-6-7-20(3)17-28/h8-15,19-21H,6-7,16-18H2,1-5H3,(H,27,30). The van der Waals surface area contributed by atoms with E-state index in [4.69, 9.17) is 0 Å². The van der Waals surface area contributed by atoms with Crippen LogP contribution in [-0.2, 0) is 14.8 Å². The Morgan fingerprint density at radius 2 is 1.67 bits per heavy atom. The summed E-state index contributed by atoms with van der Waals surface area (Å²) in [6.45, 7) is 10.3. The minimum atomic E-state index is -3.60. The van der Waals surface area contributed by atoms with Gasteiger partial charge in [-0.25, -0.2) is 8.42 Å². The average molecular weight is 472 g/mol. The van der Waals surface area contributed by atoms with Crippen molar-refractivity contribution in [3.8, 4) is 0 Å². The van der Waals surface area contributed by atoms with Crippen LogP contribution in [0, 0.1) is 5.92 Å². The number of piperidine rings is 1. The lowest BCUT2D eigenvalue weighted by molar-refractivity contribution is -0.120. The fourth-order valence-corrected chi connectivity index (χ4v) is 5.18.